The number of benzene rings is 3. The third kappa shape index (κ3) is 3.56. The number of nitro groups is 1. The number of aromatic hydroxyl groups is 1. The van der Waals surface area contributed by atoms with Gasteiger partial charge in [-0.3, -0.25) is 34.2 Å². The van der Waals surface area contributed by atoms with Crippen LogP contribution in [-0.4, -0.2) is 33.4 Å². The summed E-state index contributed by atoms with van der Waals surface area (Å²) < 4.78 is 0. The van der Waals surface area contributed by atoms with E-state index in [-0.39, 0.29) is 41.5 Å². The average Bonchev–Trinajstić information content (AvgIpc) is 3.24. The van der Waals surface area contributed by atoms with Gasteiger partial charge in [0, 0.05) is 40.3 Å². The molecule has 0 radical (unpaired) electrons. The van der Waals surface area contributed by atoms with Gasteiger partial charge in [0.1, 0.15) is 5.75 Å². The number of hydrogen-bond donors (Lipinski definition) is 1. The van der Waals surface area contributed by atoms with Crippen LogP contribution in [0.1, 0.15) is 31.2 Å². The molecule has 1 heterocycles. The number of rotatable bonds is 3. The SMILES string of the molecule is CC1=CC(=O)C2=C(C1=O)C(c1c(O)ccc3ccccc13)C1=CCC3C(=O)N(c4ccc([N+](=O)[O-])cc4)C(=O)C3C1C2. The lowest BCUT2D eigenvalue weighted by atomic mass is 9.59. The van der Waals surface area contributed by atoms with Gasteiger partial charge in [0.25, 0.3) is 5.69 Å². The van der Waals surface area contributed by atoms with E-state index < -0.39 is 40.4 Å². The standard InChI is InChI=1S/C33H24N2O7/c1-16-14-26(37)24-15-23-21(29(30(24)31(16)38)28-20-5-3-2-4-17(20)6-13-25(28)36)11-12-22-27(23)33(40)34(32(22)39)18-7-9-19(10-8-18)35(41)42/h2-11,13-14,22-23,27,29,36H,12,15H2,1H3. The van der Waals surface area contributed by atoms with Crippen LogP contribution >= 0.6 is 0 Å². The summed E-state index contributed by atoms with van der Waals surface area (Å²) in [5.74, 6) is -4.27. The van der Waals surface area contributed by atoms with Gasteiger partial charge in [0.05, 0.1) is 22.4 Å². The van der Waals surface area contributed by atoms with Crippen molar-refractivity contribution in [2.45, 2.75) is 25.7 Å². The number of anilines is 1. The van der Waals surface area contributed by atoms with E-state index in [4.69, 9.17) is 0 Å². The Hall–Kier alpha value is -5.18. The van der Waals surface area contributed by atoms with Gasteiger partial charge in [-0.2, -0.15) is 0 Å². The van der Waals surface area contributed by atoms with Crippen LogP contribution in [0.25, 0.3) is 10.8 Å². The number of ketones is 2. The van der Waals surface area contributed by atoms with Crippen LogP contribution in [0, 0.1) is 27.9 Å². The zero-order valence-corrected chi connectivity index (χ0v) is 22.4. The number of nitrogens with zero attached hydrogens (tertiary/aromatic N) is 2. The van der Waals surface area contributed by atoms with Gasteiger partial charge in [-0.25, -0.2) is 0 Å². The molecule has 4 atom stereocenters. The summed E-state index contributed by atoms with van der Waals surface area (Å²) in [5, 5.41) is 24.0. The molecule has 4 unspecified atom stereocenters. The number of imide groups is 1. The van der Waals surface area contributed by atoms with Crippen molar-refractivity contribution in [1.29, 1.82) is 0 Å². The van der Waals surface area contributed by atoms with Crippen molar-refractivity contribution < 1.29 is 29.2 Å². The maximum atomic E-state index is 14.0. The van der Waals surface area contributed by atoms with Crippen molar-refractivity contribution in [3.8, 4) is 5.75 Å². The fourth-order valence-corrected chi connectivity index (χ4v) is 7.26. The topological polar surface area (TPSA) is 135 Å². The van der Waals surface area contributed by atoms with E-state index in [1.54, 1.807) is 19.1 Å². The second-order valence-electron chi connectivity index (χ2n) is 11.2. The quantitative estimate of drug-likeness (QED) is 0.155. The number of carbonyl (C=O) groups excluding carboxylic acids is 4. The van der Waals surface area contributed by atoms with E-state index >= 15 is 0 Å². The number of Topliss-reactive ketones (excluding diaryl/α,β-unsaturated/α-hetero) is 1. The van der Waals surface area contributed by atoms with Gasteiger partial charge in [-0.1, -0.05) is 42.0 Å². The number of fused-ring (bicyclic) bond motifs is 4. The number of amides is 2. The number of allylic oxidation sites excluding steroid dienone is 6. The second kappa shape index (κ2) is 9.17. The van der Waals surface area contributed by atoms with Crippen molar-refractivity contribution in [1.82, 2.24) is 0 Å². The first-order valence-electron chi connectivity index (χ1n) is 13.7. The highest BCUT2D eigenvalue weighted by molar-refractivity contribution is 6.25. The molecule has 1 fully saturated rings. The first kappa shape index (κ1) is 25.8. The van der Waals surface area contributed by atoms with Crippen molar-refractivity contribution in [2.24, 2.45) is 17.8 Å². The van der Waals surface area contributed by atoms with Gasteiger partial charge >= 0.3 is 0 Å². The van der Waals surface area contributed by atoms with E-state index in [2.05, 4.69) is 0 Å². The van der Waals surface area contributed by atoms with E-state index in [9.17, 15) is 34.4 Å². The first-order valence-corrected chi connectivity index (χ1v) is 13.7. The Morgan fingerprint density at radius 2 is 1.67 bits per heavy atom. The third-order valence-electron chi connectivity index (χ3n) is 9.12. The molecule has 9 nitrogen and oxygen atoms in total. The minimum absolute atomic E-state index is 0.0250. The monoisotopic (exact) mass is 560 g/mol. The molecule has 1 aliphatic heterocycles. The van der Waals surface area contributed by atoms with Gasteiger partial charge in [-0.05, 0) is 60.7 Å². The predicted molar refractivity (Wildman–Crippen MR) is 153 cm³/mol. The zero-order valence-electron chi connectivity index (χ0n) is 22.4. The number of non-ortho nitro benzene ring substituents is 1. The lowest BCUT2D eigenvalue weighted by molar-refractivity contribution is -0.384. The summed E-state index contributed by atoms with van der Waals surface area (Å²) in [6.45, 7) is 1.60. The Labute approximate surface area is 239 Å². The Kier molecular flexibility index (Phi) is 5.63. The maximum Gasteiger partial charge on any atom is 0.269 e. The molecule has 1 saturated heterocycles. The summed E-state index contributed by atoms with van der Waals surface area (Å²) in [4.78, 5) is 66.4. The Morgan fingerprint density at radius 3 is 2.40 bits per heavy atom. The number of phenolic OH excluding ortho intramolecular Hbond substituents is 1. The van der Waals surface area contributed by atoms with Crippen molar-refractivity contribution in [2.75, 3.05) is 4.90 Å². The van der Waals surface area contributed by atoms with E-state index in [0.29, 0.717) is 22.3 Å². The van der Waals surface area contributed by atoms with Gasteiger partial charge in [-0.15, -0.1) is 0 Å². The molecule has 0 spiro atoms. The predicted octanol–water partition coefficient (Wildman–Crippen LogP) is 5.09. The molecule has 7 rings (SSSR count). The van der Waals surface area contributed by atoms with Crippen molar-refractivity contribution >= 4 is 45.5 Å². The fraction of sp³-hybridized carbons (Fsp3) is 0.212. The third-order valence-corrected chi connectivity index (χ3v) is 9.12. The van der Waals surface area contributed by atoms with Gasteiger partial charge in [0.2, 0.25) is 11.8 Å². The molecule has 0 saturated carbocycles. The van der Waals surface area contributed by atoms with Crippen molar-refractivity contribution in [3.63, 3.8) is 0 Å². The van der Waals surface area contributed by atoms with Crippen LogP contribution < -0.4 is 4.90 Å². The Bertz CT molecular complexity index is 1880. The molecule has 3 aromatic rings. The molecule has 1 N–H and O–H groups in total. The number of hydrogen-bond acceptors (Lipinski definition) is 7. The molecule has 9 heteroatoms. The van der Waals surface area contributed by atoms with Gasteiger partial charge in [0.15, 0.2) is 11.6 Å². The molecule has 4 aliphatic rings. The van der Waals surface area contributed by atoms with Crippen LogP contribution in [0.5, 0.6) is 5.75 Å². The molecule has 0 bridgehead atoms. The van der Waals surface area contributed by atoms with E-state index in [1.165, 1.54) is 30.3 Å². The summed E-state index contributed by atoms with van der Waals surface area (Å²) in [7, 11) is 0. The number of nitro benzene ring substituents is 1. The van der Waals surface area contributed by atoms with Crippen LogP contribution in [0.15, 0.2) is 95.1 Å². The maximum absolute atomic E-state index is 14.0. The van der Waals surface area contributed by atoms with Crippen LogP contribution in [0.4, 0.5) is 11.4 Å². The molecular weight excluding hydrogens is 536 g/mol. The highest BCUT2D eigenvalue weighted by Gasteiger charge is 2.57. The zero-order chi connectivity index (χ0) is 29.4. The molecule has 0 aromatic heterocycles. The minimum atomic E-state index is -0.795. The highest BCUT2D eigenvalue weighted by atomic mass is 16.6. The van der Waals surface area contributed by atoms with Crippen molar-refractivity contribution in [3.05, 3.63) is 111 Å². The van der Waals surface area contributed by atoms with E-state index in [0.717, 1.165) is 21.2 Å². The van der Waals surface area contributed by atoms with Crippen LogP contribution in [0.2, 0.25) is 0 Å². The number of phenols is 1. The molecule has 3 aromatic carbocycles. The largest absolute Gasteiger partial charge is 0.508 e. The molecule has 3 aliphatic carbocycles. The minimum Gasteiger partial charge on any atom is -0.508 e. The Morgan fingerprint density at radius 1 is 0.929 bits per heavy atom. The lowest BCUT2D eigenvalue weighted by Crippen LogP contribution is -2.40. The second-order valence-corrected chi connectivity index (χ2v) is 11.2. The fourth-order valence-electron chi connectivity index (χ4n) is 7.26. The highest BCUT2D eigenvalue weighted by Crippen LogP contribution is 2.57. The normalized spacial score (nSPS) is 25.2. The summed E-state index contributed by atoms with van der Waals surface area (Å²) in [6, 6.07) is 16.1. The lowest BCUT2D eigenvalue weighted by Gasteiger charge is -2.42. The van der Waals surface area contributed by atoms with E-state index in [1.807, 2.05) is 30.3 Å². The van der Waals surface area contributed by atoms with Crippen LogP contribution in [-0.2, 0) is 19.2 Å². The molecule has 2 amide bonds. The first-order chi connectivity index (χ1) is 20.2. The molecule has 42 heavy (non-hydrogen) atoms. The van der Waals surface area contributed by atoms with Gasteiger partial charge < -0.3 is 5.11 Å². The average molecular weight is 561 g/mol. The van der Waals surface area contributed by atoms with Crippen LogP contribution in [0.3, 0.4) is 0 Å². The summed E-state index contributed by atoms with van der Waals surface area (Å²) in [5.41, 5.74) is 2.25. The summed E-state index contributed by atoms with van der Waals surface area (Å²) in [6.07, 6.45) is 3.58. The Balaban J connectivity index is 1.39. The number of carbonyl (C=O) groups is 4. The molecule has 208 valence electrons. The summed E-state index contributed by atoms with van der Waals surface area (Å²) >= 11 is 0. The smallest absolute Gasteiger partial charge is 0.269 e. The molecular formula is C33H24N2O7.